The van der Waals surface area contributed by atoms with Gasteiger partial charge in [0.25, 0.3) is 5.91 Å². The predicted octanol–water partition coefficient (Wildman–Crippen LogP) is 3.66. The summed E-state index contributed by atoms with van der Waals surface area (Å²) >= 11 is 0. The lowest BCUT2D eigenvalue weighted by Crippen LogP contribution is -2.30. The number of hydrogen-bond acceptors (Lipinski definition) is 3. The third-order valence-electron chi connectivity index (χ3n) is 5.00. The Labute approximate surface area is 161 Å². The van der Waals surface area contributed by atoms with Crippen LogP contribution in [-0.2, 0) is 11.3 Å². The van der Waals surface area contributed by atoms with Crippen LogP contribution in [0.4, 0.5) is 19.3 Å². The highest BCUT2D eigenvalue weighted by Crippen LogP contribution is 2.25. The Balaban J connectivity index is 1.54. The average Bonchev–Trinajstić information content (AvgIpc) is 3.30. The maximum Gasteiger partial charge on any atom is 0.329 e. The van der Waals surface area contributed by atoms with Crippen LogP contribution in [-0.4, -0.2) is 29.9 Å². The fraction of sp³-hybridized carbons (Fsp3) is 0.238. The van der Waals surface area contributed by atoms with Gasteiger partial charge in [0.1, 0.15) is 17.3 Å². The molecule has 0 unspecified atom stereocenters. The second-order valence-electron chi connectivity index (χ2n) is 6.87. The van der Waals surface area contributed by atoms with Gasteiger partial charge in [-0.2, -0.15) is 0 Å². The van der Waals surface area contributed by atoms with Gasteiger partial charge in [0, 0.05) is 29.9 Å². The zero-order valence-corrected chi connectivity index (χ0v) is 15.1. The Kier molecular flexibility index (Phi) is 4.81. The van der Waals surface area contributed by atoms with Crippen LogP contribution in [0.1, 0.15) is 24.0 Å². The number of carbonyl (C=O) groups excluding carboxylic acids is 2. The molecule has 4 rings (SSSR count). The third kappa shape index (κ3) is 3.47. The number of halogens is 2. The SMILES string of the molecule is O=C1N/C(=C/c2ccc(N3CCCC3)cc2F)C(=O)N1Cc1ccccc1F. The summed E-state index contributed by atoms with van der Waals surface area (Å²) in [4.78, 5) is 27.7. The van der Waals surface area contributed by atoms with Crippen molar-refractivity contribution in [3.8, 4) is 0 Å². The van der Waals surface area contributed by atoms with Gasteiger partial charge in [-0.1, -0.05) is 18.2 Å². The molecule has 2 aliphatic rings. The van der Waals surface area contributed by atoms with Gasteiger partial charge in [0.05, 0.1) is 6.54 Å². The van der Waals surface area contributed by atoms with Gasteiger partial charge in [-0.25, -0.2) is 13.6 Å². The largest absolute Gasteiger partial charge is 0.371 e. The number of rotatable bonds is 4. The number of imide groups is 1. The Hall–Kier alpha value is -3.22. The Bertz CT molecular complexity index is 968. The van der Waals surface area contributed by atoms with E-state index in [-0.39, 0.29) is 23.4 Å². The molecule has 0 atom stereocenters. The second-order valence-corrected chi connectivity index (χ2v) is 6.87. The molecule has 7 heteroatoms. The molecule has 2 heterocycles. The van der Waals surface area contributed by atoms with Crippen LogP contribution in [0.25, 0.3) is 6.08 Å². The summed E-state index contributed by atoms with van der Waals surface area (Å²) in [6.07, 6.45) is 3.49. The summed E-state index contributed by atoms with van der Waals surface area (Å²) in [5.41, 5.74) is 1.21. The molecule has 0 aromatic heterocycles. The lowest BCUT2D eigenvalue weighted by atomic mass is 10.1. The summed E-state index contributed by atoms with van der Waals surface area (Å²) in [6.45, 7) is 1.61. The van der Waals surface area contributed by atoms with Crippen molar-refractivity contribution < 1.29 is 18.4 Å². The minimum Gasteiger partial charge on any atom is -0.371 e. The lowest BCUT2D eigenvalue weighted by Gasteiger charge is -2.17. The van der Waals surface area contributed by atoms with Crippen LogP contribution < -0.4 is 10.2 Å². The molecule has 0 bridgehead atoms. The van der Waals surface area contributed by atoms with E-state index in [0.717, 1.165) is 36.5 Å². The number of urea groups is 1. The molecule has 0 spiro atoms. The van der Waals surface area contributed by atoms with E-state index in [4.69, 9.17) is 0 Å². The summed E-state index contributed by atoms with van der Waals surface area (Å²) in [5.74, 6) is -1.58. The van der Waals surface area contributed by atoms with Crippen LogP contribution in [0.3, 0.4) is 0 Å². The van der Waals surface area contributed by atoms with Gasteiger partial charge in [-0.15, -0.1) is 0 Å². The van der Waals surface area contributed by atoms with E-state index in [1.165, 1.54) is 30.3 Å². The van der Waals surface area contributed by atoms with Crippen LogP contribution in [0.2, 0.25) is 0 Å². The molecule has 2 saturated heterocycles. The first-order valence-corrected chi connectivity index (χ1v) is 9.15. The molecule has 144 valence electrons. The van der Waals surface area contributed by atoms with Crippen LogP contribution in [0.15, 0.2) is 48.2 Å². The smallest absolute Gasteiger partial charge is 0.329 e. The van der Waals surface area contributed by atoms with Crippen LogP contribution in [0.5, 0.6) is 0 Å². The molecular weight excluding hydrogens is 364 g/mol. The van der Waals surface area contributed by atoms with Crippen molar-refractivity contribution >= 4 is 23.7 Å². The van der Waals surface area contributed by atoms with Gasteiger partial charge in [-0.3, -0.25) is 9.69 Å². The summed E-state index contributed by atoms with van der Waals surface area (Å²) in [5, 5.41) is 2.44. The highest BCUT2D eigenvalue weighted by atomic mass is 19.1. The van der Waals surface area contributed by atoms with Crippen molar-refractivity contribution in [3.63, 3.8) is 0 Å². The molecule has 2 aromatic carbocycles. The maximum absolute atomic E-state index is 14.5. The summed E-state index contributed by atoms with van der Waals surface area (Å²) in [7, 11) is 0. The van der Waals surface area contributed by atoms with Crippen molar-refractivity contribution in [3.05, 3.63) is 70.9 Å². The highest BCUT2D eigenvalue weighted by molar-refractivity contribution is 6.13. The fourth-order valence-corrected chi connectivity index (χ4v) is 3.47. The van der Waals surface area contributed by atoms with E-state index in [9.17, 15) is 18.4 Å². The molecule has 5 nitrogen and oxygen atoms in total. The van der Waals surface area contributed by atoms with E-state index in [2.05, 4.69) is 10.2 Å². The van der Waals surface area contributed by atoms with E-state index >= 15 is 0 Å². The normalized spacial score (nSPS) is 18.3. The molecule has 2 fully saturated rings. The first kappa shape index (κ1) is 18.2. The number of carbonyl (C=O) groups is 2. The number of nitrogens with zero attached hydrogens (tertiary/aromatic N) is 2. The number of anilines is 1. The van der Waals surface area contributed by atoms with Gasteiger partial charge in [-0.05, 0) is 43.2 Å². The lowest BCUT2D eigenvalue weighted by molar-refractivity contribution is -0.123. The molecule has 2 aromatic rings. The van der Waals surface area contributed by atoms with E-state index < -0.39 is 23.6 Å². The van der Waals surface area contributed by atoms with Crippen molar-refractivity contribution in [1.82, 2.24) is 10.2 Å². The molecule has 1 N–H and O–H groups in total. The van der Waals surface area contributed by atoms with E-state index in [0.29, 0.717) is 0 Å². The molecule has 2 aliphatic heterocycles. The molecular formula is C21H19F2N3O2. The number of nitrogens with one attached hydrogen (secondary N) is 1. The minimum absolute atomic E-state index is 0.0332. The van der Waals surface area contributed by atoms with Gasteiger partial charge in [0.2, 0.25) is 0 Å². The zero-order chi connectivity index (χ0) is 19.7. The van der Waals surface area contributed by atoms with Crippen LogP contribution >= 0.6 is 0 Å². The molecule has 0 aliphatic carbocycles. The quantitative estimate of drug-likeness (QED) is 0.648. The standard InChI is InChI=1S/C21H19F2N3O2/c22-17-6-2-1-5-15(17)13-26-20(27)19(24-21(26)28)11-14-7-8-16(12-18(14)23)25-9-3-4-10-25/h1-2,5-8,11-12H,3-4,9-10,13H2,(H,24,28)/b19-11+. The van der Waals surface area contributed by atoms with Crippen molar-refractivity contribution in [2.24, 2.45) is 0 Å². The fourth-order valence-electron chi connectivity index (χ4n) is 3.47. The second kappa shape index (κ2) is 7.42. The third-order valence-corrected chi connectivity index (χ3v) is 5.00. The molecule has 28 heavy (non-hydrogen) atoms. The van der Waals surface area contributed by atoms with Gasteiger partial charge < -0.3 is 10.2 Å². The number of amides is 3. The van der Waals surface area contributed by atoms with Crippen LogP contribution in [0, 0.1) is 11.6 Å². The summed E-state index contributed by atoms with van der Waals surface area (Å²) in [6, 6.07) is 10.1. The number of hydrogen-bond donors (Lipinski definition) is 1. The average molecular weight is 383 g/mol. The number of benzene rings is 2. The first-order valence-electron chi connectivity index (χ1n) is 9.15. The Morgan fingerprint density at radius 3 is 2.46 bits per heavy atom. The monoisotopic (exact) mass is 383 g/mol. The van der Waals surface area contributed by atoms with E-state index in [1.807, 2.05) is 0 Å². The summed E-state index contributed by atoms with van der Waals surface area (Å²) < 4.78 is 28.3. The van der Waals surface area contributed by atoms with Gasteiger partial charge in [0.15, 0.2) is 0 Å². The van der Waals surface area contributed by atoms with Crippen molar-refractivity contribution in [2.75, 3.05) is 18.0 Å². The minimum atomic E-state index is -0.659. The van der Waals surface area contributed by atoms with Gasteiger partial charge >= 0.3 is 6.03 Å². The van der Waals surface area contributed by atoms with E-state index in [1.54, 1.807) is 18.2 Å². The zero-order valence-electron chi connectivity index (χ0n) is 15.1. The van der Waals surface area contributed by atoms with Crippen molar-refractivity contribution in [2.45, 2.75) is 19.4 Å². The maximum atomic E-state index is 14.5. The molecule has 3 amide bonds. The highest BCUT2D eigenvalue weighted by Gasteiger charge is 2.34. The predicted molar refractivity (Wildman–Crippen MR) is 101 cm³/mol. The molecule has 0 saturated carbocycles. The first-order chi connectivity index (χ1) is 13.5. The Morgan fingerprint density at radius 1 is 1.00 bits per heavy atom. The topological polar surface area (TPSA) is 52.7 Å². The Morgan fingerprint density at radius 2 is 1.75 bits per heavy atom. The molecule has 0 radical (unpaired) electrons. The van der Waals surface area contributed by atoms with Crippen molar-refractivity contribution in [1.29, 1.82) is 0 Å².